The number of hydrogen-bond acceptors (Lipinski definition) is 3. The summed E-state index contributed by atoms with van der Waals surface area (Å²) in [5.74, 6) is 2.20. The van der Waals surface area contributed by atoms with Crippen LogP contribution in [0.25, 0.3) is 22.2 Å². The lowest BCUT2D eigenvalue weighted by Gasteiger charge is -2.09. The van der Waals surface area contributed by atoms with E-state index in [9.17, 15) is 4.79 Å². The highest BCUT2D eigenvalue weighted by Crippen LogP contribution is 2.24. The molecule has 4 nitrogen and oxygen atoms in total. The van der Waals surface area contributed by atoms with Crippen LogP contribution in [0.4, 0.5) is 0 Å². The van der Waals surface area contributed by atoms with Gasteiger partial charge in [-0.15, -0.1) is 6.42 Å². The van der Waals surface area contributed by atoms with Crippen LogP contribution < -0.4 is 5.32 Å². The zero-order chi connectivity index (χ0) is 15.4. The zero-order valence-corrected chi connectivity index (χ0v) is 11.8. The van der Waals surface area contributed by atoms with Crippen LogP contribution in [0.5, 0.6) is 0 Å². The number of nitrogens with zero attached hydrogens (tertiary/aromatic N) is 2. The molecule has 4 heteroatoms. The number of para-hydroxylation sites is 1. The lowest BCUT2D eigenvalue weighted by molar-refractivity contribution is 0.0960. The molecule has 0 aliphatic heterocycles. The number of carbonyl (C=O) groups is 1. The fourth-order valence-corrected chi connectivity index (χ4v) is 2.25. The zero-order valence-electron chi connectivity index (χ0n) is 11.8. The Bertz CT molecular complexity index is 866. The maximum atomic E-state index is 12.4. The number of rotatable bonds is 3. The fraction of sp³-hybridized carbons (Fsp3) is 0.0556. The van der Waals surface area contributed by atoms with Gasteiger partial charge in [0, 0.05) is 23.3 Å². The molecule has 2 heterocycles. The van der Waals surface area contributed by atoms with Crippen LogP contribution in [0.2, 0.25) is 0 Å². The second-order valence-electron chi connectivity index (χ2n) is 4.70. The molecule has 1 amide bonds. The summed E-state index contributed by atoms with van der Waals surface area (Å²) in [5.41, 5.74) is 2.88. The first kappa shape index (κ1) is 13.8. The summed E-state index contributed by atoms with van der Waals surface area (Å²) in [4.78, 5) is 21.1. The van der Waals surface area contributed by atoms with Crippen molar-refractivity contribution in [3.63, 3.8) is 0 Å². The Morgan fingerprint density at radius 3 is 2.86 bits per heavy atom. The van der Waals surface area contributed by atoms with Crippen LogP contribution in [0.3, 0.4) is 0 Å². The van der Waals surface area contributed by atoms with Gasteiger partial charge >= 0.3 is 0 Å². The highest BCUT2D eigenvalue weighted by Gasteiger charge is 2.13. The summed E-state index contributed by atoms with van der Waals surface area (Å²) >= 11 is 0. The lowest BCUT2D eigenvalue weighted by atomic mass is 10.0. The smallest absolute Gasteiger partial charge is 0.252 e. The van der Waals surface area contributed by atoms with E-state index in [1.54, 1.807) is 18.5 Å². The second kappa shape index (κ2) is 6.06. The highest BCUT2D eigenvalue weighted by atomic mass is 16.1. The van der Waals surface area contributed by atoms with Gasteiger partial charge in [0.05, 0.1) is 23.3 Å². The summed E-state index contributed by atoms with van der Waals surface area (Å²) in [6.07, 6.45) is 8.63. The molecule has 1 N–H and O–H groups in total. The summed E-state index contributed by atoms with van der Waals surface area (Å²) in [6.45, 7) is 0.192. The van der Waals surface area contributed by atoms with E-state index in [2.05, 4.69) is 21.2 Å². The molecule has 3 aromatic rings. The average molecular weight is 287 g/mol. The maximum Gasteiger partial charge on any atom is 0.252 e. The quantitative estimate of drug-likeness (QED) is 0.753. The molecule has 0 atom stereocenters. The number of amides is 1. The van der Waals surface area contributed by atoms with E-state index in [-0.39, 0.29) is 12.5 Å². The van der Waals surface area contributed by atoms with Gasteiger partial charge in [0.2, 0.25) is 0 Å². The molecule has 3 rings (SSSR count). The molecular formula is C18H13N3O. The summed E-state index contributed by atoms with van der Waals surface area (Å²) in [6, 6.07) is 13.0. The summed E-state index contributed by atoms with van der Waals surface area (Å²) < 4.78 is 0. The van der Waals surface area contributed by atoms with E-state index in [1.807, 2.05) is 36.4 Å². The van der Waals surface area contributed by atoms with Crippen LogP contribution in [-0.4, -0.2) is 22.4 Å². The number of nitrogens with one attached hydrogen (secondary N) is 1. The van der Waals surface area contributed by atoms with Crippen LogP contribution in [0.15, 0.2) is 54.9 Å². The van der Waals surface area contributed by atoms with Crippen molar-refractivity contribution >= 4 is 16.8 Å². The number of aromatic nitrogens is 2. The van der Waals surface area contributed by atoms with Crippen molar-refractivity contribution in [2.24, 2.45) is 0 Å². The van der Waals surface area contributed by atoms with Gasteiger partial charge in [-0.1, -0.05) is 24.1 Å². The standard InChI is InChI=1S/C18H13N3O/c1-2-9-20-18(22)15-11-17(13-6-5-10-19-12-13)21-16-8-4-3-7-14(15)16/h1,3-8,10-12H,9H2,(H,20,22). The van der Waals surface area contributed by atoms with E-state index >= 15 is 0 Å². The predicted octanol–water partition coefficient (Wildman–Crippen LogP) is 2.66. The maximum absolute atomic E-state index is 12.4. The van der Waals surface area contributed by atoms with Crippen molar-refractivity contribution in [2.45, 2.75) is 0 Å². The van der Waals surface area contributed by atoms with E-state index < -0.39 is 0 Å². The topological polar surface area (TPSA) is 54.9 Å². The largest absolute Gasteiger partial charge is 0.341 e. The molecule has 0 aliphatic rings. The van der Waals surface area contributed by atoms with Crippen LogP contribution >= 0.6 is 0 Å². The fourth-order valence-electron chi connectivity index (χ4n) is 2.25. The van der Waals surface area contributed by atoms with Gasteiger partial charge in [-0.2, -0.15) is 0 Å². The van der Waals surface area contributed by atoms with Gasteiger partial charge in [-0.05, 0) is 24.3 Å². The Hall–Kier alpha value is -3.19. The Balaban J connectivity index is 2.17. The van der Waals surface area contributed by atoms with Crippen LogP contribution in [0.1, 0.15) is 10.4 Å². The molecule has 106 valence electrons. The first-order valence-electron chi connectivity index (χ1n) is 6.81. The van der Waals surface area contributed by atoms with Gasteiger partial charge < -0.3 is 5.32 Å². The third kappa shape index (κ3) is 2.65. The molecule has 2 aromatic heterocycles. The highest BCUT2D eigenvalue weighted by molar-refractivity contribution is 6.07. The number of hydrogen-bond donors (Lipinski definition) is 1. The molecule has 0 saturated carbocycles. The normalized spacial score (nSPS) is 10.1. The van der Waals surface area contributed by atoms with Crippen molar-refractivity contribution in [3.05, 3.63) is 60.4 Å². The minimum atomic E-state index is -0.207. The van der Waals surface area contributed by atoms with Gasteiger partial charge in [0.25, 0.3) is 5.91 Å². The van der Waals surface area contributed by atoms with E-state index in [1.165, 1.54) is 0 Å². The summed E-state index contributed by atoms with van der Waals surface area (Å²) in [5, 5.41) is 3.50. The molecular weight excluding hydrogens is 274 g/mol. The minimum absolute atomic E-state index is 0.192. The van der Waals surface area contributed by atoms with Crippen LogP contribution in [-0.2, 0) is 0 Å². The Labute approximate surface area is 128 Å². The van der Waals surface area contributed by atoms with E-state index in [4.69, 9.17) is 6.42 Å². The van der Waals surface area contributed by atoms with Gasteiger partial charge in [0.15, 0.2) is 0 Å². The van der Waals surface area contributed by atoms with E-state index in [0.717, 1.165) is 16.5 Å². The van der Waals surface area contributed by atoms with Crippen molar-refractivity contribution in [2.75, 3.05) is 6.54 Å². The number of fused-ring (bicyclic) bond motifs is 1. The molecule has 0 bridgehead atoms. The summed E-state index contributed by atoms with van der Waals surface area (Å²) in [7, 11) is 0. The SMILES string of the molecule is C#CCNC(=O)c1cc(-c2cccnc2)nc2ccccc12. The minimum Gasteiger partial charge on any atom is -0.341 e. The molecule has 0 fully saturated rings. The van der Waals surface area contributed by atoms with Gasteiger partial charge in [0.1, 0.15) is 0 Å². The Morgan fingerprint density at radius 1 is 1.23 bits per heavy atom. The van der Waals surface area contributed by atoms with Crippen molar-refractivity contribution < 1.29 is 4.79 Å². The molecule has 0 unspecified atom stereocenters. The monoisotopic (exact) mass is 287 g/mol. The Kier molecular flexibility index (Phi) is 3.80. The van der Waals surface area contributed by atoms with Gasteiger partial charge in [-0.25, -0.2) is 4.98 Å². The Morgan fingerprint density at radius 2 is 2.09 bits per heavy atom. The first-order chi connectivity index (χ1) is 10.8. The molecule has 0 radical (unpaired) electrons. The average Bonchev–Trinajstić information content (AvgIpc) is 2.59. The lowest BCUT2D eigenvalue weighted by Crippen LogP contribution is -2.23. The van der Waals surface area contributed by atoms with E-state index in [0.29, 0.717) is 11.3 Å². The molecule has 22 heavy (non-hydrogen) atoms. The molecule has 0 saturated heterocycles. The predicted molar refractivity (Wildman–Crippen MR) is 86.1 cm³/mol. The van der Waals surface area contributed by atoms with Gasteiger partial charge in [-0.3, -0.25) is 9.78 Å². The van der Waals surface area contributed by atoms with Crippen LogP contribution in [0, 0.1) is 12.3 Å². The number of carbonyl (C=O) groups excluding carboxylic acids is 1. The molecule has 1 aromatic carbocycles. The van der Waals surface area contributed by atoms with Crippen molar-refractivity contribution in [1.82, 2.24) is 15.3 Å². The third-order valence-electron chi connectivity index (χ3n) is 3.27. The van der Waals surface area contributed by atoms with Crippen molar-refractivity contribution in [1.29, 1.82) is 0 Å². The first-order valence-corrected chi connectivity index (χ1v) is 6.81. The van der Waals surface area contributed by atoms with Crippen molar-refractivity contribution in [3.8, 4) is 23.6 Å². The number of pyridine rings is 2. The number of benzene rings is 1. The second-order valence-corrected chi connectivity index (χ2v) is 4.70. The third-order valence-corrected chi connectivity index (χ3v) is 3.27. The number of terminal acetylenes is 1. The molecule has 0 spiro atoms. The molecule has 0 aliphatic carbocycles.